The Hall–Kier alpha value is -1.89. The van der Waals surface area contributed by atoms with E-state index in [0.29, 0.717) is 77.4 Å². The van der Waals surface area contributed by atoms with Crippen molar-refractivity contribution in [3.63, 3.8) is 0 Å². The number of cyclic esters (lactones) is 1. The first-order valence-corrected chi connectivity index (χ1v) is 20.8. The Kier molecular flexibility index (Phi) is 13.6. The Morgan fingerprint density at radius 2 is 1.75 bits per heavy atom. The van der Waals surface area contributed by atoms with Crippen LogP contribution in [0.25, 0.3) is 0 Å². The molecular formula is C42H70N2O9. The second-order valence-electron chi connectivity index (χ2n) is 18.2. The number of nitrogens with zero attached hydrogens (tertiary/aromatic N) is 1. The minimum Gasteiger partial charge on any atom is -0.459 e. The number of hydrogen-bond donors (Lipinski definition) is 5. The molecule has 5 N–H and O–H groups in total. The summed E-state index contributed by atoms with van der Waals surface area (Å²) in [5.74, 6) is -0.0924. The van der Waals surface area contributed by atoms with E-state index in [4.69, 9.17) is 9.47 Å². The topological polar surface area (TPSA) is 166 Å². The fraction of sp³-hybridized carbons (Fsp3) is 0.881. The van der Waals surface area contributed by atoms with E-state index in [-0.39, 0.29) is 46.7 Å². The summed E-state index contributed by atoms with van der Waals surface area (Å²) in [7, 11) is 1.62. The minimum atomic E-state index is -1.26. The molecule has 11 nitrogen and oxygen atoms in total. The molecule has 11 heteroatoms. The molecule has 4 unspecified atom stereocenters. The van der Waals surface area contributed by atoms with Crippen LogP contribution in [0.2, 0.25) is 0 Å². The number of aliphatic hydroxyl groups excluding tert-OH is 4. The number of methoxy groups -OCH3 is 1. The van der Waals surface area contributed by atoms with Gasteiger partial charge in [-0.15, -0.1) is 0 Å². The first-order valence-electron chi connectivity index (χ1n) is 20.8. The third kappa shape index (κ3) is 8.18. The van der Waals surface area contributed by atoms with Crippen LogP contribution >= 0.6 is 0 Å². The molecule has 0 spiro atoms. The number of hydrogen-bond acceptors (Lipinski definition) is 10. The van der Waals surface area contributed by atoms with Crippen LogP contribution in [0, 0.1) is 40.4 Å². The van der Waals surface area contributed by atoms with Crippen LogP contribution in [-0.4, -0.2) is 112 Å². The van der Waals surface area contributed by atoms with Gasteiger partial charge >= 0.3 is 5.97 Å². The van der Waals surface area contributed by atoms with Gasteiger partial charge in [0, 0.05) is 38.1 Å². The molecule has 0 aromatic heterocycles. The Morgan fingerprint density at radius 1 is 1.02 bits per heavy atom. The largest absolute Gasteiger partial charge is 0.459 e. The van der Waals surface area contributed by atoms with E-state index < -0.39 is 53.5 Å². The quantitative estimate of drug-likeness (QED) is 0.187. The number of esters is 1. The maximum absolute atomic E-state index is 14.3. The Labute approximate surface area is 317 Å². The normalized spacial score (nSPS) is 44.7. The summed E-state index contributed by atoms with van der Waals surface area (Å²) >= 11 is 0. The molecule has 53 heavy (non-hydrogen) atoms. The number of carbonyl (C=O) groups excluding carboxylic acids is 3. The molecule has 1 aliphatic heterocycles. The first-order chi connectivity index (χ1) is 25.0. The monoisotopic (exact) mass is 747 g/mol. The van der Waals surface area contributed by atoms with Crippen molar-refractivity contribution in [1.29, 1.82) is 0 Å². The molecule has 5 aliphatic rings. The fourth-order valence-corrected chi connectivity index (χ4v) is 11.9. The van der Waals surface area contributed by atoms with Crippen molar-refractivity contribution in [1.82, 2.24) is 10.2 Å². The molecule has 14 atom stereocenters. The van der Waals surface area contributed by atoms with Crippen molar-refractivity contribution in [3.05, 3.63) is 11.6 Å². The smallest absolute Gasteiger partial charge is 0.309 e. The zero-order chi connectivity index (χ0) is 38.9. The SMILES string of the molecule is CC[C@H]1OC(=O)[C@H](C)C[C@H](C)C[C@H](O)CCCN(CCCNC(=O)[C@@]2(OC)CCC3C4CCC5=CC(=O)CC[C@]5(C)C4C(O)C[C@@]32C)[C@H](C)[C@@H](O)[C@@H]1O. The number of aliphatic hydroxyl groups is 4. The van der Waals surface area contributed by atoms with Crippen molar-refractivity contribution in [2.75, 3.05) is 26.7 Å². The highest BCUT2D eigenvalue weighted by molar-refractivity contribution is 5.91. The average molecular weight is 747 g/mol. The highest BCUT2D eigenvalue weighted by Crippen LogP contribution is 2.68. The number of ether oxygens (including phenoxy) is 2. The van der Waals surface area contributed by atoms with Gasteiger partial charge in [0.2, 0.25) is 0 Å². The molecule has 0 radical (unpaired) electrons. The summed E-state index contributed by atoms with van der Waals surface area (Å²) in [5, 5.41) is 48.4. The Balaban J connectivity index is 1.25. The van der Waals surface area contributed by atoms with Gasteiger partial charge in [0.1, 0.15) is 12.2 Å². The van der Waals surface area contributed by atoms with Gasteiger partial charge in [-0.1, -0.05) is 40.2 Å². The van der Waals surface area contributed by atoms with E-state index in [2.05, 4.69) is 24.1 Å². The maximum atomic E-state index is 14.3. The van der Waals surface area contributed by atoms with Crippen LogP contribution in [0.5, 0.6) is 0 Å². The van der Waals surface area contributed by atoms with Crippen LogP contribution in [0.15, 0.2) is 11.6 Å². The van der Waals surface area contributed by atoms with Crippen molar-refractivity contribution in [2.24, 2.45) is 40.4 Å². The lowest BCUT2D eigenvalue weighted by Gasteiger charge is -2.60. The van der Waals surface area contributed by atoms with Crippen LogP contribution in [0.3, 0.4) is 0 Å². The molecule has 1 heterocycles. The Bertz CT molecular complexity index is 1340. The standard InChI is InChI=1S/C42H70N2O9/c1-8-34-37(49)36(48)27(4)44(19-9-11-29(45)22-25(2)21-26(3)38(50)53-34)20-10-18-43-39(51)42(52-7)17-15-32-31-13-12-28-23-30(46)14-16-40(28,5)35(31)33(47)24-41(32,42)6/h23,25-27,29,31-37,45,47-49H,8-22,24H2,1-7H3,(H,43,51)/t25-,26+,27+,29+,31?,32?,33?,34+,35?,36+,37+,40-,41-,42-/m0/s1. The summed E-state index contributed by atoms with van der Waals surface area (Å²) in [6, 6.07) is -0.474. The molecule has 0 aromatic carbocycles. The molecule has 302 valence electrons. The van der Waals surface area contributed by atoms with Gasteiger partial charge in [-0.25, -0.2) is 0 Å². The lowest BCUT2D eigenvalue weighted by atomic mass is 9.45. The van der Waals surface area contributed by atoms with Crippen LogP contribution in [0.4, 0.5) is 0 Å². The summed E-state index contributed by atoms with van der Waals surface area (Å²) in [6.45, 7) is 13.4. The first kappa shape index (κ1) is 42.3. The molecule has 3 saturated carbocycles. The molecule has 0 bridgehead atoms. The van der Waals surface area contributed by atoms with E-state index >= 15 is 0 Å². The van der Waals surface area contributed by atoms with E-state index in [0.717, 1.165) is 25.7 Å². The summed E-state index contributed by atoms with van der Waals surface area (Å²) in [4.78, 5) is 41.6. The summed E-state index contributed by atoms with van der Waals surface area (Å²) in [6.07, 6.45) is 5.80. The van der Waals surface area contributed by atoms with Crippen molar-refractivity contribution in [2.45, 2.75) is 167 Å². The molecule has 4 fully saturated rings. The lowest BCUT2D eigenvalue weighted by molar-refractivity contribution is -0.189. The third-order valence-electron chi connectivity index (χ3n) is 14.9. The second kappa shape index (κ2) is 17.1. The third-order valence-corrected chi connectivity index (χ3v) is 14.9. The molecule has 5 rings (SSSR count). The van der Waals surface area contributed by atoms with Crippen LogP contribution in [-0.2, 0) is 23.9 Å². The Morgan fingerprint density at radius 3 is 2.45 bits per heavy atom. The van der Waals surface area contributed by atoms with Crippen molar-refractivity contribution < 1.29 is 44.3 Å². The highest BCUT2D eigenvalue weighted by atomic mass is 16.6. The van der Waals surface area contributed by atoms with Gasteiger partial charge < -0.3 is 35.2 Å². The number of nitrogens with one attached hydrogen (secondary N) is 1. The number of amides is 1. The number of allylic oxidation sites excluding steroid dienone is 1. The average Bonchev–Trinajstić information content (AvgIpc) is 3.42. The van der Waals surface area contributed by atoms with E-state index in [1.807, 2.05) is 26.8 Å². The maximum Gasteiger partial charge on any atom is 0.309 e. The zero-order valence-corrected chi connectivity index (χ0v) is 33.5. The lowest BCUT2D eigenvalue weighted by Crippen LogP contribution is -2.64. The van der Waals surface area contributed by atoms with Crippen molar-refractivity contribution in [3.8, 4) is 0 Å². The van der Waals surface area contributed by atoms with Gasteiger partial charge in [-0.3, -0.25) is 19.3 Å². The van der Waals surface area contributed by atoms with Gasteiger partial charge in [0.05, 0.1) is 24.2 Å². The minimum absolute atomic E-state index is 0.0613. The number of ketones is 1. The van der Waals surface area contributed by atoms with Gasteiger partial charge in [-0.05, 0) is 126 Å². The van der Waals surface area contributed by atoms with Gasteiger partial charge in [0.15, 0.2) is 11.4 Å². The van der Waals surface area contributed by atoms with Crippen LogP contribution < -0.4 is 5.32 Å². The molecule has 0 aromatic rings. The second-order valence-corrected chi connectivity index (χ2v) is 18.2. The summed E-state index contributed by atoms with van der Waals surface area (Å²) < 4.78 is 12.0. The molecular weight excluding hydrogens is 676 g/mol. The van der Waals surface area contributed by atoms with Gasteiger partial charge in [0.25, 0.3) is 5.91 Å². The molecule has 1 amide bonds. The molecule has 1 saturated heterocycles. The number of fused-ring (bicyclic) bond motifs is 5. The van der Waals surface area contributed by atoms with Crippen molar-refractivity contribution >= 4 is 17.7 Å². The van der Waals surface area contributed by atoms with E-state index in [1.54, 1.807) is 14.0 Å². The number of carbonyl (C=O) groups is 3. The van der Waals surface area contributed by atoms with E-state index in [9.17, 15) is 34.8 Å². The molecule has 4 aliphatic carbocycles. The summed E-state index contributed by atoms with van der Waals surface area (Å²) in [5.41, 5.74) is -0.629. The van der Waals surface area contributed by atoms with Gasteiger partial charge in [-0.2, -0.15) is 0 Å². The predicted molar refractivity (Wildman–Crippen MR) is 201 cm³/mol. The highest BCUT2D eigenvalue weighted by Gasteiger charge is 2.69. The number of rotatable bonds is 7. The van der Waals surface area contributed by atoms with E-state index in [1.165, 1.54) is 5.57 Å². The fourth-order valence-electron chi connectivity index (χ4n) is 11.9. The van der Waals surface area contributed by atoms with Crippen LogP contribution in [0.1, 0.15) is 125 Å². The predicted octanol–water partition coefficient (Wildman–Crippen LogP) is 4.32. The zero-order valence-electron chi connectivity index (χ0n) is 33.5.